The van der Waals surface area contributed by atoms with Crippen molar-refractivity contribution in [1.82, 2.24) is 5.32 Å². The molecule has 0 fully saturated rings. The lowest BCUT2D eigenvalue weighted by molar-refractivity contribution is 0.573. The Kier molecular flexibility index (Phi) is 5.81. The summed E-state index contributed by atoms with van der Waals surface area (Å²) in [6.07, 6.45) is 3.30. The predicted octanol–water partition coefficient (Wildman–Crippen LogP) is 2.88. The molecule has 0 aromatic heterocycles. The molecular weight excluding hydrogens is 202 g/mol. The fraction of sp³-hybridized carbons (Fsp3) is 0.538. The molecule has 15 heavy (non-hydrogen) atoms. The van der Waals surface area contributed by atoms with Gasteiger partial charge in [-0.2, -0.15) is 11.8 Å². The van der Waals surface area contributed by atoms with Crippen molar-refractivity contribution in [2.75, 3.05) is 18.6 Å². The van der Waals surface area contributed by atoms with Gasteiger partial charge in [-0.1, -0.05) is 36.8 Å². The zero-order valence-corrected chi connectivity index (χ0v) is 10.7. The van der Waals surface area contributed by atoms with Crippen LogP contribution < -0.4 is 5.32 Å². The third kappa shape index (κ3) is 4.72. The number of hydrogen-bond donors (Lipinski definition) is 1. The van der Waals surface area contributed by atoms with Crippen LogP contribution in [0.3, 0.4) is 0 Å². The van der Waals surface area contributed by atoms with Gasteiger partial charge in [0.05, 0.1) is 0 Å². The second-order valence-corrected chi connectivity index (χ2v) is 4.81. The number of hydrogen-bond acceptors (Lipinski definition) is 2. The molecule has 0 aliphatic heterocycles. The van der Waals surface area contributed by atoms with Crippen molar-refractivity contribution < 1.29 is 0 Å². The van der Waals surface area contributed by atoms with E-state index in [1.807, 2.05) is 11.8 Å². The lowest BCUT2D eigenvalue weighted by atomic mass is 10.0. The zero-order valence-electron chi connectivity index (χ0n) is 9.92. The quantitative estimate of drug-likeness (QED) is 0.796. The van der Waals surface area contributed by atoms with Gasteiger partial charge >= 0.3 is 0 Å². The molecule has 0 bridgehead atoms. The van der Waals surface area contributed by atoms with E-state index in [1.54, 1.807) is 0 Å². The highest BCUT2D eigenvalue weighted by Gasteiger charge is 2.07. The molecule has 1 unspecified atom stereocenters. The molecule has 0 aliphatic rings. The van der Waals surface area contributed by atoms with Crippen LogP contribution in [0.4, 0.5) is 0 Å². The molecule has 0 amide bonds. The Morgan fingerprint density at radius 3 is 2.80 bits per heavy atom. The molecule has 0 aliphatic carbocycles. The van der Waals surface area contributed by atoms with E-state index in [4.69, 9.17) is 0 Å². The Bertz CT molecular complexity index is 280. The van der Waals surface area contributed by atoms with Crippen LogP contribution in [0.15, 0.2) is 24.3 Å². The predicted molar refractivity (Wildman–Crippen MR) is 70.7 cm³/mol. The standard InChI is InChI=1S/C13H21NS/c1-4-14-13(10-15-3)9-12-7-5-6-11(2)8-12/h5-8,13-14H,4,9-10H2,1-3H3. The largest absolute Gasteiger partial charge is 0.313 e. The second kappa shape index (κ2) is 6.91. The van der Waals surface area contributed by atoms with Crippen LogP contribution in [0.5, 0.6) is 0 Å². The van der Waals surface area contributed by atoms with E-state index >= 15 is 0 Å². The highest BCUT2D eigenvalue weighted by atomic mass is 32.2. The molecule has 0 heterocycles. The summed E-state index contributed by atoms with van der Waals surface area (Å²) in [5.41, 5.74) is 2.79. The van der Waals surface area contributed by atoms with E-state index in [9.17, 15) is 0 Å². The number of benzene rings is 1. The van der Waals surface area contributed by atoms with Gasteiger partial charge in [0, 0.05) is 11.8 Å². The lowest BCUT2D eigenvalue weighted by Gasteiger charge is -2.16. The minimum atomic E-state index is 0.604. The topological polar surface area (TPSA) is 12.0 Å². The molecule has 0 saturated carbocycles. The van der Waals surface area contributed by atoms with E-state index < -0.39 is 0 Å². The van der Waals surface area contributed by atoms with Gasteiger partial charge in [-0.15, -0.1) is 0 Å². The van der Waals surface area contributed by atoms with E-state index in [1.165, 1.54) is 16.9 Å². The Morgan fingerprint density at radius 2 is 2.20 bits per heavy atom. The molecule has 1 rings (SSSR count). The Morgan fingerprint density at radius 1 is 1.40 bits per heavy atom. The fourth-order valence-electron chi connectivity index (χ4n) is 1.80. The van der Waals surface area contributed by atoms with Gasteiger partial charge in [-0.05, 0) is 31.7 Å². The van der Waals surface area contributed by atoms with Gasteiger partial charge < -0.3 is 5.32 Å². The molecule has 0 saturated heterocycles. The first kappa shape index (κ1) is 12.6. The van der Waals surface area contributed by atoms with Crippen LogP contribution in [0.25, 0.3) is 0 Å². The number of thioether (sulfide) groups is 1. The molecule has 1 atom stereocenters. The first-order valence-corrected chi connectivity index (χ1v) is 6.93. The minimum absolute atomic E-state index is 0.604. The van der Waals surface area contributed by atoms with Crippen LogP contribution >= 0.6 is 11.8 Å². The Balaban J connectivity index is 2.56. The maximum atomic E-state index is 3.53. The average molecular weight is 223 g/mol. The van der Waals surface area contributed by atoms with Gasteiger partial charge in [0.2, 0.25) is 0 Å². The lowest BCUT2D eigenvalue weighted by Crippen LogP contribution is -2.33. The summed E-state index contributed by atoms with van der Waals surface area (Å²) in [5.74, 6) is 1.18. The van der Waals surface area contributed by atoms with Crippen LogP contribution in [0.1, 0.15) is 18.1 Å². The zero-order chi connectivity index (χ0) is 11.1. The van der Waals surface area contributed by atoms with E-state index in [0.29, 0.717) is 6.04 Å². The summed E-state index contributed by atoms with van der Waals surface area (Å²) in [7, 11) is 0. The van der Waals surface area contributed by atoms with Gasteiger partial charge in [0.15, 0.2) is 0 Å². The van der Waals surface area contributed by atoms with Gasteiger partial charge in [-0.25, -0.2) is 0 Å². The molecule has 1 N–H and O–H groups in total. The van der Waals surface area contributed by atoms with Gasteiger partial charge in [-0.3, -0.25) is 0 Å². The molecule has 0 radical (unpaired) electrons. The van der Waals surface area contributed by atoms with Crippen molar-refractivity contribution in [3.63, 3.8) is 0 Å². The SMILES string of the molecule is CCNC(CSC)Cc1cccc(C)c1. The fourth-order valence-corrected chi connectivity index (χ4v) is 2.44. The summed E-state index contributed by atoms with van der Waals surface area (Å²) in [5, 5.41) is 3.53. The average Bonchev–Trinajstić information content (AvgIpc) is 2.18. The highest BCUT2D eigenvalue weighted by Crippen LogP contribution is 2.09. The first-order valence-electron chi connectivity index (χ1n) is 5.54. The van der Waals surface area contributed by atoms with Crippen molar-refractivity contribution >= 4 is 11.8 Å². The smallest absolute Gasteiger partial charge is 0.0198 e. The third-order valence-corrected chi connectivity index (χ3v) is 3.16. The first-order chi connectivity index (χ1) is 7.26. The minimum Gasteiger partial charge on any atom is -0.313 e. The van der Waals surface area contributed by atoms with Crippen LogP contribution in [-0.2, 0) is 6.42 Å². The van der Waals surface area contributed by atoms with Crippen molar-refractivity contribution in [2.24, 2.45) is 0 Å². The summed E-state index contributed by atoms with van der Waals surface area (Å²) >= 11 is 1.91. The number of likely N-dealkylation sites (N-methyl/N-ethyl adjacent to an activating group) is 1. The van der Waals surface area contributed by atoms with Crippen molar-refractivity contribution in [3.8, 4) is 0 Å². The van der Waals surface area contributed by atoms with Crippen molar-refractivity contribution in [3.05, 3.63) is 35.4 Å². The van der Waals surface area contributed by atoms with Crippen molar-refractivity contribution in [2.45, 2.75) is 26.3 Å². The third-order valence-electron chi connectivity index (χ3n) is 2.43. The Hall–Kier alpha value is -0.470. The van der Waals surface area contributed by atoms with E-state index in [-0.39, 0.29) is 0 Å². The normalized spacial score (nSPS) is 12.7. The summed E-state index contributed by atoms with van der Waals surface area (Å²) < 4.78 is 0. The molecule has 2 heteroatoms. The highest BCUT2D eigenvalue weighted by molar-refractivity contribution is 7.98. The summed E-state index contributed by atoms with van der Waals surface area (Å²) in [4.78, 5) is 0. The van der Waals surface area contributed by atoms with E-state index in [0.717, 1.165) is 13.0 Å². The van der Waals surface area contributed by atoms with Crippen LogP contribution in [0, 0.1) is 6.92 Å². The second-order valence-electron chi connectivity index (χ2n) is 3.90. The van der Waals surface area contributed by atoms with Gasteiger partial charge in [0.1, 0.15) is 0 Å². The molecule has 1 aromatic carbocycles. The van der Waals surface area contributed by atoms with E-state index in [2.05, 4.69) is 49.7 Å². The van der Waals surface area contributed by atoms with Crippen LogP contribution in [-0.4, -0.2) is 24.6 Å². The maximum absolute atomic E-state index is 3.53. The summed E-state index contributed by atoms with van der Waals surface area (Å²) in [6.45, 7) is 5.38. The van der Waals surface area contributed by atoms with Crippen molar-refractivity contribution in [1.29, 1.82) is 0 Å². The Labute approximate surface area is 97.7 Å². The van der Waals surface area contributed by atoms with Gasteiger partial charge in [0.25, 0.3) is 0 Å². The monoisotopic (exact) mass is 223 g/mol. The number of aryl methyl sites for hydroxylation is 1. The molecule has 1 aromatic rings. The summed E-state index contributed by atoms with van der Waals surface area (Å²) in [6, 6.07) is 9.40. The molecule has 1 nitrogen and oxygen atoms in total. The maximum Gasteiger partial charge on any atom is 0.0198 e. The molecule has 84 valence electrons. The van der Waals surface area contributed by atoms with Crippen LogP contribution in [0.2, 0.25) is 0 Å². The molecule has 0 spiro atoms. The number of rotatable bonds is 6. The number of nitrogens with one attached hydrogen (secondary N) is 1. The molecular formula is C13H21NS.